The Morgan fingerprint density at radius 1 is 1.30 bits per heavy atom. The molecule has 0 unspecified atom stereocenters. The van der Waals surface area contributed by atoms with Gasteiger partial charge >= 0.3 is 0 Å². The van der Waals surface area contributed by atoms with Crippen LogP contribution in [-0.2, 0) is 4.74 Å². The van der Waals surface area contributed by atoms with Crippen molar-refractivity contribution < 1.29 is 24.1 Å². The Bertz CT molecular complexity index is 698. The Labute approximate surface area is 134 Å². The Kier molecular flexibility index (Phi) is 5.71. The fourth-order valence-electron chi connectivity index (χ4n) is 1.92. The van der Waals surface area contributed by atoms with Crippen molar-refractivity contribution in [2.45, 2.75) is 0 Å². The number of nitrogens with zero attached hydrogens (tertiary/aromatic N) is 1. The number of pyridine rings is 1. The van der Waals surface area contributed by atoms with Gasteiger partial charge in [-0.3, -0.25) is 9.78 Å². The molecule has 6 nitrogen and oxygen atoms in total. The molecule has 0 aliphatic rings. The van der Waals surface area contributed by atoms with Crippen molar-refractivity contribution in [3.05, 3.63) is 53.9 Å². The fraction of sp³-hybridized carbons (Fsp3) is 0.176. The van der Waals surface area contributed by atoms with E-state index in [2.05, 4.69) is 4.98 Å². The van der Waals surface area contributed by atoms with Gasteiger partial charge < -0.3 is 19.3 Å². The Morgan fingerprint density at radius 3 is 2.78 bits per heavy atom. The molecular formula is C17H17NO5. The fourth-order valence-corrected chi connectivity index (χ4v) is 1.92. The molecule has 0 radical (unpaired) electrons. The van der Waals surface area contributed by atoms with Gasteiger partial charge in [0.2, 0.25) is 5.75 Å². The van der Waals surface area contributed by atoms with E-state index in [1.165, 1.54) is 26.4 Å². The van der Waals surface area contributed by atoms with Crippen molar-refractivity contribution in [3.63, 3.8) is 0 Å². The number of ether oxygens (including phenoxy) is 3. The van der Waals surface area contributed by atoms with Crippen LogP contribution in [0.15, 0.2) is 42.7 Å². The molecule has 2 rings (SSSR count). The highest BCUT2D eigenvalue weighted by atomic mass is 16.7. The van der Waals surface area contributed by atoms with Gasteiger partial charge in [-0.1, -0.05) is 6.07 Å². The summed E-state index contributed by atoms with van der Waals surface area (Å²) >= 11 is 0. The van der Waals surface area contributed by atoms with Gasteiger partial charge in [-0.05, 0) is 35.9 Å². The summed E-state index contributed by atoms with van der Waals surface area (Å²) in [5.74, 6) is -0.257. The van der Waals surface area contributed by atoms with Gasteiger partial charge in [0, 0.05) is 19.5 Å². The van der Waals surface area contributed by atoms with Crippen molar-refractivity contribution >= 4 is 11.9 Å². The molecule has 0 bridgehead atoms. The topological polar surface area (TPSA) is 77.9 Å². The van der Waals surface area contributed by atoms with Crippen molar-refractivity contribution in [2.75, 3.05) is 21.0 Å². The third-order valence-electron chi connectivity index (χ3n) is 3.01. The minimum atomic E-state index is -0.358. The van der Waals surface area contributed by atoms with Crippen LogP contribution in [0.25, 0.3) is 6.08 Å². The van der Waals surface area contributed by atoms with E-state index in [-0.39, 0.29) is 29.6 Å². The predicted molar refractivity (Wildman–Crippen MR) is 84.8 cm³/mol. The first-order valence-electron chi connectivity index (χ1n) is 6.81. The average molecular weight is 315 g/mol. The molecule has 1 aromatic carbocycles. The van der Waals surface area contributed by atoms with E-state index in [9.17, 15) is 9.90 Å². The molecule has 0 fully saturated rings. The standard InChI is InChI=1S/C17H17NO5/c1-21-11-23-15-8-6-13(16(20)17(15)22-2)14(19)7-5-12-4-3-9-18-10-12/h3-10,20H,11H2,1-2H3/b7-5+. The second kappa shape index (κ2) is 7.95. The zero-order chi connectivity index (χ0) is 16.7. The first-order valence-corrected chi connectivity index (χ1v) is 6.81. The zero-order valence-electron chi connectivity index (χ0n) is 12.9. The van der Waals surface area contributed by atoms with Crippen molar-refractivity contribution in [2.24, 2.45) is 0 Å². The number of ketones is 1. The number of phenolic OH excluding ortho intramolecular Hbond substituents is 1. The number of phenols is 1. The smallest absolute Gasteiger partial charge is 0.203 e. The largest absolute Gasteiger partial charge is 0.504 e. The van der Waals surface area contributed by atoms with Crippen LogP contribution in [0.5, 0.6) is 17.2 Å². The van der Waals surface area contributed by atoms with E-state index in [0.717, 1.165) is 5.56 Å². The van der Waals surface area contributed by atoms with E-state index < -0.39 is 0 Å². The molecule has 120 valence electrons. The Hall–Kier alpha value is -2.86. The molecule has 0 saturated carbocycles. The van der Waals surface area contributed by atoms with Crippen LogP contribution in [0.4, 0.5) is 0 Å². The lowest BCUT2D eigenvalue weighted by Gasteiger charge is -2.13. The van der Waals surface area contributed by atoms with Crippen LogP contribution >= 0.6 is 0 Å². The van der Waals surface area contributed by atoms with Gasteiger partial charge in [-0.15, -0.1) is 0 Å². The molecule has 0 atom stereocenters. The van der Waals surface area contributed by atoms with Gasteiger partial charge in [0.25, 0.3) is 0 Å². The SMILES string of the molecule is COCOc1ccc(C(=O)/C=C/c2cccnc2)c(O)c1OC. The molecule has 0 saturated heterocycles. The van der Waals surface area contributed by atoms with Gasteiger partial charge in [0.05, 0.1) is 12.7 Å². The average Bonchev–Trinajstić information content (AvgIpc) is 2.58. The van der Waals surface area contributed by atoms with E-state index in [1.54, 1.807) is 30.6 Å². The van der Waals surface area contributed by atoms with Crippen molar-refractivity contribution in [1.29, 1.82) is 0 Å². The third-order valence-corrected chi connectivity index (χ3v) is 3.01. The number of rotatable bonds is 7. The van der Waals surface area contributed by atoms with E-state index in [4.69, 9.17) is 14.2 Å². The van der Waals surface area contributed by atoms with Gasteiger partial charge in [-0.2, -0.15) is 0 Å². The highest BCUT2D eigenvalue weighted by Gasteiger charge is 2.18. The van der Waals surface area contributed by atoms with Crippen LogP contribution in [-0.4, -0.2) is 36.9 Å². The molecule has 0 aliphatic carbocycles. The first kappa shape index (κ1) is 16.5. The molecule has 0 amide bonds. The van der Waals surface area contributed by atoms with Gasteiger partial charge in [-0.25, -0.2) is 0 Å². The number of benzene rings is 1. The maximum atomic E-state index is 12.2. The van der Waals surface area contributed by atoms with Gasteiger partial charge in [0.1, 0.15) is 0 Å². The predicted octanol–water partition coefficient (Wildman–Crippen LogP) is 2.67. The van der Waals surface area contributed by atoms with E-state index in [0.29, 0.717) is 5.75 Å². The maximum Gasteiger partial charge on any atom is 0.203 e. The number of methoxy groups -OCH3 is 2. The summed E-state index contributed by atoms with van der Waals surface area (Å²) in [5.41, 5.74) is 0.902. The number of carbonyl (C=O) groups excluding carboxylic acids is 1. The molecule has 1 N–H and O–H groups in total. The maximum absolute atomic E-state index is 12.2. The number of hydrogen-bond donors (Lipinski definition) is 1. The van der Waals surface area contributed by atoms with Crippen LogP contribution < -0.4 is 9.47 Å². The zero-order valence-corrected chi connectivity index (χ0v) is 12.9. The van der Waals surface area contributed by atoms with E-state index in [1.807, 2.05) is 6.07 Å². The highest BCUT2D eigenvalue weighted by Crippen LogP contribution is 2.39. The molecule has 0 aliphatic heterocycles. The van der Waals surface area contributed by atoms with Crippen LogP contribution in [0.3, 0.4) is 0 Å². The summed E-state index contributed by atoms with van der Waals surface area (Å²) in [6.45, 7) is 0.00397. The summed E-state index contributed by atoms with van der Waals surface area (Å²) < 4.78 is 15.2. The summed E-state index contributed by atoms with van der Waals surface area (Å²) in [4.78, 5) is 16.2. The Balaban J connectivity index is 2.25. The second-order valence-electron chi connectivity index (χ2n) is 4.53. The Morgan fingerprint density at radius 2 is 2.13 bits per heavy atom. The van der Waals surface area contributed by atoms with Crippen molar-refractivity contribution in [3.8, 4) is 17.2 Å². The third kappa shape index (κ3) is 4.08. The van der Waals surface area contributed by atoms with Crippen LogP contribution in [0, 0.1) is 0 Å². The lowest BCUT2D eigenvalue weighted by atomic mass is 10.1. The van der Waals surface area contributed by atoms with E-state index >= 15 is 0 Å². The first-order chi connectivity index (χ1) is 11.2. The summed E-state index contributed by atoms with van der Waals surface area (Å²) in [6.07, 6.45) is 6.26. The number of hydrogen-bond acceptors (Lipinski definition) is 6. The molecule has 2 aromatic rings. The quantitative estimate of drug-likeness (QED) is 0.481. The number of allylic oxidation sites excluding steroid dienone is 1. The molecular weight excluding hydrogens is 298 g/mol. The highest BCUT2D eigenvalue weighted by molar-refractivity contribution is 6.09. The molecule has 1 heterocycles. The number of aromatic nitrogens is 1. The summed E-state index contributed by atoms with van der Waals surface area (Å²) in [6, 6.07) is 6.60. The summed E-state index contributed by atoms with van der Waals surface area (Å²) in [7, 11) is 2.86. The minimum absolute atomic E-state index is 0.00397. The molecule has 23 heavy (non-hydrogen) atoms. The van der Waals surface area contributed by atoms with Crippen LogP contribution in [0.2, 0.25) is 0 Å². The van der Waals surface area contributed by atoms with Gasteiger partial charge in [0.15, 0.2) is 24.1 Å². The normalized spacial score (nSPS) is 10.7. The lowest BCUT2D eigenvalue weighted by molar-refractivity contribution is 0.0489. The summed E-state index contributed by atoms with van der Waals surface area (Å²) in [5, 5.41) is 10.2. The molecule has 6 heteroatoms. The van der Waals surface area contributed by atoms with Crippen LogP contribution in [0.1, 0.15) is 15.9 Å². The lowest BCUT2D eigenvalue weighted by Crippen LogP contribution is -2.03. The number of aromatic hydroxyl groups is 1. The molecule has 1 aromatic heterocycles. The minimum Gasteiger partial charge on any atom is -0.504 e. The number of carbonyl (C=O) groups is 1. The molecule has 0 spiro atoms. The monoisotopic (exact) mass is 315 g/mol. The second-order valence-corrected chi connectivity index (χ2v) is 4.53. The van der Waals surface area contributed by atoms with Crippen molar-refractivity contribution in [1.82, 2.24) is 4.98 Å².